The number of anilines is 1. The van der Waals surface area contributed by atoms with E-state index in [9.17, 15) is 9.59 Å². The molecule has 0 spiro atoms. The summed E-state index contributed by atoms with van der Waals surface area (Å²) in [5.74, 6) is -1.39. The van der Waals surface area contributed by atoms with Crippen LogP contribution in [0.5, 0.6) is 0 Å². The van der Waals surface area contributed by atoms with Gasteiger partial charge in [-0.25, -0.2) is 4.79 Å². The minimum Gasteiger partial charge on any atom is -0.462 e. The van der Waals surface area contributed by atoms with Crippen LogP contribution in [0.4, 0.5) is 5.00 Å². The number of esters is 1. The molecule has 1 amide bonds. The Bertz CT molecular complexity index is 711. The van der Waals surface area contributed by atoms with Crippen molar-refractivity contribution in [2.75, 3.05) is 11.9 Å². The third kappa shape index (κ3) is 4.38. The first-order valence-corrected chi connectivity index (χ1v) is 8.58. The second-order valence-electron chi connectivity index (χ2n) is 4.39. The van der Waals surface area contributed by atoms with Crippen LogP contribution in [-0.2, 0) is 9.53 Å². The highest BCUT2D eigenvalue weighted by Crippen LogP contribution is 2.37. The van der Waals surface area contributed by atoms with Crippen LogP contribution in [0.3, 0.4) is 0 Å². The second kappa shape index (κ2) is 7.53. The summed E-state index contributed by atoms with van der Waals surface area (Å²) in [7, 11) is 0. The summed E-state index contributed by atoms with van der Waals surface area (Å²) in [6.07, 6.45) is 0. The number of amides is 1. The highest BCUT2D eigenvalue weighted by Gasteiger charge is 2.33. The smallest absolute Gasteiger partial charge is 0.341 e. The maximum absolute atomic E-state index is 12.3. The second-order valence-corrected chi connectivity index (χ2v) is 7.55. The van der Waals surface area contributed by atoms with Crippen LogP contribution in [0.2, 0.25) is 0 Å². The van der Waals surface area contributed by atoms with Gasteiger partial charge in [-0.3, -0.25) is 4.79 Å². The molecular weight excluding hydrogens is 381 g/mol. The van der Waals surface area contributed by atoms with Crippen LogP contribution in [0, 0.1) is 0 Å². The van der Waals surface area contributed by atoms with Crippen molar-refractivity contribution in [2.24, 2.45) is 0 Å². The largest absolute Gasteiger partial charge is 0.462 e. The van der Waals surface area contributed by atoms with Gasteiger partial charge in [-0.15, -0.1) is 11.3 Å². The minimum atomic E-state index is -2.12. The van der Waals surface area contributed by atoms with Crippen molar-refractivity contribution < 1.29 is 14.3 Å². The maximum atomic E-state index is 12.3. The number of hydrogen-bond donors (Lipinski definition) is 1. The molecule has 2 rings (SSSR count). The molecule has 0 aliphatic rings. The molecule has 1 N–H and O–H groups in total. The van der Waals surface area contributed by atoms with E-state index < -0.39 is 15.7 Å². The van der Waals surface area contributed by atoms with Gasteiger partial charge < -0.3 is 10.1 Å². The molecule has 0 saturated heterocycles. The fraction of sp³-hybridized carbons (Fsp3) is 0.200. The fourth-order valence-corrected chi connectivity index (χ4v) is 2.95. The van der Waals surface area contributed by atoms with Gasteiger partial charge >= 0.3 is 5.97 Å². The normalized spacial score (nSPS) is 11.1. The fourth-order valence-electron chi connectivity index (χ4n) is 1.86. The Hall–Kier alpha value is -1.27. The molecule has 0 bridgehead atoms. The molecule has 2 aromatic rings. The molecule has 0 unspecified atom stereocenters. The number of carbonyl (C=O) groups excluding carboxylic acids is 2. The lowest BCUT2D eigenvalue weighted by Gasteiger charge is -2.12. The van der Waals surface area contributed by atoms with Crippen LogP contribution in [0.15, 0.2) is 35.7 Å². The first-order valence-electron chi connectivity index (χ1n) is 6.56. The average molecular weight is 393 g/mol. The van der Waals surface area contributed by atoms with Gasteiger partial charge in [0.05, 0.1) is 6.61 Å². The van der Waals surface area contributed by atoms with Gasteiger partial charge in [0.15, 0.2) is 0 Å². The number of benzene rings is 1. The molecule has 1 aromatic carbocycles. The number of nitrogens with one attached hydrogen (secondary N) is 1. The van der Waals surface area contributed by atoms with Gasteiger partial charge in [0, 0.05) is 10.9 Å². The molecule has 23 heavy (non-hydrogen) atoms. The zero-order valence-corrected chi connectivity index (χ0v) is 15.0. The van der Waals surface area contributed by atoms with Gasteiger partial charge in [0.25, 0.3) is 9.70 Å². The molecule has 0 aliphatic heterocycles. The Morgan fingerprint density at radius 2 is 1.87 bits per heavy atom. The van der Waals surface area contributed by atoms with Crippen LogP contribution in [0.1, 0.15) is 17.3 Å². The van der Waals surface area contributed by atoms with E-state index in [2.05, 4.69) is 5.32 Å². The van der Waals surface area contributed by atoms with Crippen molar-refractivity contribution in [3.8, 4) is 11.1 Å². The number of ether oxygens (including phenoxy) is 1. The van der Waals surface area contributed by atoms with E-state index in [1.807, 2.05) is 30.3 Å². The van der Waals surface area contributed by atoms with Crippen molar-refractivity contribution in [1.82, 2.24) is 0 Å². The van der Waals surface area contributed by atoms with Crippen LogP contribution >= 0.6 is 46.1 Å². The van der Waals surface area contributed by atoms with E-state index in [4.69, 9.17) is 39.5 Å². The van der Waals surface area contributed by atoms with Gasteiger partial charge in [-0.1, -0.05) is 65.1 Å². The SMILES string of the molecule is CCOC(=O)c1c(-c2ccccc2)csc1NC(=O)C(Cl)(Cl)Cl. The minimum absolute atomic E-state index is 0.209. The summed E-state index contributed by atoms with van der Waals surface area (Å²) < 4.78 is 2.95. The summed E-state index contributed by atoms with van der Waals surface area (Å²) in [5.41, 5.74) is 1.71. The van der Waals surface area contributed by atoms with Crippen molar-refractivity contribution in [1.29, 1.82) is 0 Å². The molecule has 0 radical (unpaired) electrons. The lowest BCUT2D eigenvalue weighted by Crippen LogP contribution is -2.27. The summed E-state index contributed by atoms with van der Waals surface area (Å²) in [6, 6.07) is 9.27. The van der Waals surface area contributed by atoms with Crippen molar-refractivity contribution in [3.63, 3.8) is 0 Å². The average Bonchev–Trinajstić information content (AvgIpc) is 2.91. The Morgan fingerprint density at radius 1 is 1.22 bits per heavy atom. The molecule has 0 fully saturated rings. The molecule has 0 aliphatic carbocycles. The van der Waals surface area contributed by atoms with E-state index in [0.29, 0.717) is 5.56 Å². The highest BCUT2D eigenvalue weighted by molar-refractivity contribution is 7.15. The predicted octanol–water partition coefficient (Wildman–Crippen LogP) is 4.90. The monoisotopic (exact) mass is 391 g/mol. The van der Waals surface area contributed by atoms with Crippen molar-refractivity contribution >= 4 is 63.0 Å². The van der Waals surface area contributed by atoms with E-state index >= 15 is 0 Å². The zero-order chi connectivity index (χ0) is 17.0. The predicted molar refractivity (Wildman–Crippen MR) is 94.6 cm³/mol. The van der Waals surface area contributed by atoms with Crippen molar-refractivity contribution in [3.05, 3.63) is 41.3 Å². The Labute approximate surface area is 152 Å². The summed E-state index contributed by atoms with van der Waals surface area (Å²) in [4.78, 5) is 24.1. The van der Waals surface area contributed by atoms with Crippen molar-refractivity contribution in [2.45, 2.75) is 10.7 Å². The number of rotatable bonds is 4. The zero-order valence-electron chi connectivity index (χ0n) is 11.9. The van der Waals surface area contributed by atoms with E-state index in [1.54, 1.807) is 12.3 Å². The summed E-state index contributed by atoms with van der Waals surface area (Å²) in [6.45, 7) is 1.91. The van der Waals surface area contributed by atoms with Gasteiger partial charge in [-0.2, -0.15) is 0 Å². The van der Waals surface area contributed by atoms with Gasteiger partial charge in [0.2, 0.25) is 0 Å². The molecule has 0 atom stereocenters. The lowest BCUT2D eigenvalue weighted by atomic mass is 10.0. The third-order valence-corrected chi connectivity index (χ3v) is 4.25. The Morgan fingerprint density at radius 3 is 2.43 bits per heavy atom. The van der Waals surface area contributed by atoms with E-state index in [1.165, 1.54) is 0 Å². The number of halogens is 3. The van der Waals surface area contributed by atoms with Crippen LogP contribution in [-0.4, -0.2) is 22.3 Å². The number of carbonyl (C=O) groups is 2. The molecule has 0 saturated carbocycles. The number of alkyl halides is 3. The molecular formula is C15H12Cl3NO3S. The summed E-state index contributed by atoms with van der Waals surface area (Å²) >= 11 is 17.8. The lowest BCUT2D eigenvalue weighted by molar-refractivity contribution is -0.115. The first-order chi connectivity index (χ1) is 10.8. The highest BCUT2D eigenvalue weighted by atomic mass is 35.6. The first kappa shape index (κ1) is 18.1. The van der Waals surface area contributed by atoms with Gasteiger partial charge in [0.1, 0.15) is 10.6 Å². The van der Waals surface area contributed by atoms with E-state index in [-0.39, 0.29) is 17.2 Å². The third-order valence-electron chi connectivity index (χ3n) is 2.84. The number of thiophene rings is 1. The van der Waals surface area contributed by atoms with Crippen LogP contribution < -0.4 is 5.32 Å². The molecule has 1 heterocycles. The van der Waals surface area contributed by atoms with E-state index in [0.717, 1.165) is 16.9 Å². The maximum Gasteiger partial charge on any atom is 0.341 e. The van der Waals surface area contributed by atoms with Crippen LogP contribution in [0.25, 0.3) is 11.1 Å². The number of hydrogen-bond acceptors (Lipinski definition) is 4. The molecule has 4 nitrogen and oxygen atoms in total. The molecule has 1 aromatic heterocycles. The Balaban J connectivity index is 2.46. The Kier molecular flexibility index (Phi) is 5.92. The molecule has 122 valence electrons. The quantitative estimate of drug-likeness (QED) is 0.594. The standard InChI is InChI=1S/C15H12Cl3NO3S/c1-2-22-13(20)11-10(9-6-4-3-5-7-9)8-23-12(11)19-14(21)15(16,17)18/h3-8H,2H2,1H3,(H,19,21). The van der Waals surface area contributed by atoms with Gasteiger partial charge in [-0.05, 0) is 12.5 Å². The topological polar surface area (TPSA) is 55.4 Å². The summed E-state index contributed by atoms with van der Waals surface area (Å²) in [5, 5.41) is 4.48. The molecule has 8 heteroatoms.